The molecule has 0 spiro atoms. The van der Waals surface area contributed by atoms with E-state index in [4.69, 9.17) is 27.9 Å². The lowest BCUT2D eigenvalue weighted by molar-refractivity contribution is 0.0853. The fraction of sp³-hybridized carbons (Fsp3) is 0.429. The SMILES string of the molecule is CC1CCN(c2cc(C(=O)Nc3cc(Cl)cc(C4CCOCC4)c3)c(Cl)cn2)S1(=O)=O. The molecular formula is C21H23Cl2N3O4S. The van der Waals surface area contributed by atoms with Crippen LogP contribution in [0.15, 0.2) is 30.5 Å². The Bertz CT molecular complexity index is 1100. The average Bonchev–Trinajstić information content (AvgIpc) is 3.01. The van der Waals surface area contributed by atoms with Gasteiger partial charge in [0, 0.05) is 36.7 Å². The van der Waals surface area contributed by atoms with E-state index in [0.29, 0.717) is 42.8 Å². The molecule has 2 aliphatic rings. The second-order valence-corrected chi connectivity index (χ2v) is 11.0. The number of pyridine rings is 1. The third-order valence-corrected chi connectivity index (χ3v) is 8.52. The molecule has 1 unspecified atom stereocenters. The number of halogens is 2. The largest absolute Gasteiger partial charge is 0.381 e. The minimum Gasteiger partial charge on any atom is -0.381 e. The second-order valence-electron chi connectivity index (χ2n) is 7.85. The van der Waals surface area contributed by atoms with Crippen LogP contribution in [0.2, 0.25) is 10.0 Å². The molecule has 0 saturated carbocycles. The lowest BCUT2D eigenvalue weighted by Gasteiger charge is -2.23. The van der Waals surface area contributed by atoms with Gasteiger partial charge in [0.2, 0.25) is 10.0 Å². The number of nitrogens with zero attached hydrogens (tertiary/aromatic N) is 2. The summed E-state index contributed by atoms with van der Waals surface area (Å²) in [6.45, 7) is 3.38. The van der Waals surface area contributed by atoms with Gasteiger partial charge in [-0.3, -0.25) is 9.10 Å². The van der Waals surface area contributed by atoms with E-state index < -0.39 is 21.2 Å². The first-order valence-corrected chi connectivity index (χ1v) is 12.4. The van der Waals surface area contributed by atoms with Crippen molar-refractivity contribution in [2.24, 2.45) is 0 Å². The topological polar surface area (TPSA) is 88.6 Å². The number of carbonyl (C=O) groups is 1. The predicted molar refractivity (Wildman–Crippen MR) is 122 cm³/mol. The van der Waals surface area contributed by atoms with E-state index in [1.807, 2.05) is 12.1 Å². The molecule has 2 fully saturated rings. The normalized spacial score (nSPS) is 21.3. The first-order valence-electron chi connectivity index (χ1n) is 10.1. The molecule has 1 N–H and O–H groups in total. The molecule has 4 rings (SSSR count). The average molecular weight is 484 g/mol. The molecule has 0 aliphatic carbocycles. The van der Waals surface area contributed by atoms with E-state index in [-0.39, 0.29) is 16.4 Å². The van der Waals surface area contributed by atoms with Gasteiger partial charge in [0.1, 0.15) is 5.82 Å². The number of hydrogen-bond acceptors (Lipinski definition) is 5. The maximum atomic E-state index is 13.0. The van der Waals surface area contributed by atoms with Crippen LogP contribution in [0.5, 0.6) is 0 Å². The number of sulfonamides is 1. The van der Waals surface area contributed by atoms with Gasteiger partial charge in [-0.05, 0) is 61.9 Å². The number of benzene rings is 1. The molecule has 7 nitrogen and oxygen atoms in total. The Balaban J connectivity index is 1.58. The van der Waals surface area contributed by atoms with Gasteiger partial charge in [-0.25, -0.2) is 13.4 Å². The highest BCUT2D eigenvalue weighted by molar-refractivity contribution is 7.93. The number of ether oxygens (including phenoxy) is 1. The molecule has 166 valence electrons. The van der Waals surface area contributed by atoms with Crippen molar-refractivity contribution in [1.82, 2.24) is 4.98 Å². The van der Waals surface area contributed by atoms with Crippen molar-refractivity contribution < 1.29 is 17.9 Å². The molecule has 1 atom stereocenters. The van der Waals surface area contributed by atoms with Crippen molar-refractivity contribution in [2.45, 2.75) is 37.4 Å². The van der Waals surface area contributed by atoms with E-state index >= 15 is 0 Å². The van der Waals surface area contributed by atoms with Gasteiger partial charge in [0.25, 0.3) is 5.91 Å². The summed E-state index contributed by atoms with van der Waals surface area (Å²) >= 11 is 12.5. The summed E-state index contributed by atoms with van der Waals surface area (Å²) in [5, 5.41) is 3.01. The summed E-state index contributed by atoms with van der Waals surface area (Å²) in [5.41, 5.74) is 1.75. The lowest BCUT2D eigenvalue weighted by Crippen LogP contribution is -2.29. The summed E-state index contributed by atoms with van der Waals surface area (Å²) in [5.74, 6) is 0.0490. The van der Waals surface area contributed by atoms with Crippen molar-refractivity contribution in [2.75, 3.05) is 29.4 Å². The number of rotatable bonds is 4. The highest BCUT2D eigenvalue weighted by Crippen LogP contribution is 2.32. The summed E-state index contributed by atoms with van der Waals surface area (Å²) in [6, 6.07) is 6.90. The maximum Gasteiger partial charge on any atom is 0.257 e. The number of anilines is 2. The Morgan fingerprint density at radius 3 is 2.58 bits per heavy atom. The van der Waals surface area contributed by atoms with Crippen molar-refractivity contribution in [1.29, 1.82) is 0 Å². The Morgan fingerprint density at radius 1 is 1.16 bits per heavy atom. The van der Waals surface area contributed by atoms with Crippen molar-refractivity contribution in [3.05, 3.63) is 51.6 Å². The Morgan fingerprint density at radius 2 is 1.90 bits per heavy atom. The van der Waals surface area contributed by atoms with Gasteiger partial charge in [-0.1, -0.05) is 23.2 Å². The van der Waals surface area contributed by atoms with Crippen LogP contribution < -0.4 is 9.62 Å². The van der Waals surface area contributed by atoms with E-state index in [9.17, 15) is 13.2 Å². The molecule has 3 heterocycles. The summed E-state index contributed by atoms with van der Waals surface area (Å²) in [4.78, 5) is 17.1. The first kappa shape index (κ1) is 22.3. The van der Waals surface area contributed by atoms with E-state index in [2.05, 4.69) is 10.3 Å². The number of nitrogens with one attached hydrogen (secondary N) is 1. The molecular weight excluding hydrogens is 461 g/mol. The molecule has 0 bridgehead atoms. The van der Waals surface area contributed by atoms with Crippen molar-refractivity contribution in [3.8, 4) is 0 Å². The van der Waals surface area contributed by atoms with Crippen LogP contribution in [-0.2, 0) is 14.8 Å². The first-order chi connectivity index (χ1) is 14.8. The third-order valence-electron chi connectivity index (χ3n) is 5.77. The van der Waals surface area contributed by atoms with E-state index in [1.54, 1.807) is 13.0 Å². The number of carbonyl (C=O) groups excluding carboxylic acids is 1. The fourth-order valence-electron chi connectivity index (χ4n) is 3.92. The zero-order valence-electron chi connectivity index (χ0n) is 17.0. The minimum absolute atomic E-state index is 0.137. The molecule has 2 saturated heterocycles. The van der Waals surface area contributed by atoms with Crippen LogP contribution in [0, 0.1) is 0 Å². The predicted octanol–water partition coefficient (Wildman–Crippen LogP) is 4.46. The van der Waals surface area contributed by atoms with Crippen LogP contribution >= 0.6 is 23.2 Å². The van der Waals surface area contributed by atoms with Crippen LogP contribution in [0.4, 0.5) is 11.5 Å². The molecule has 1 amide bonds. The minimum atomic E-state index is -3.49. The van der Waals surface area contributed by atoms with Crippen LogP contribution in [0.1, 0.15) is 48.0 Å². The van der Waals surface area contributed by atoms with Crippen LogP contribution in [-0.4, -0.2) is 44.3 Å². The zero-order valence-corrected chi connectivity index (χ0v) is 19.3. The lowest BCUT2D eigenvalue weighted by atomic mass is 9.91. The van der Waals surface area contributed by atoms with Gasteiger partial charge < -0.3 is 10.1 Å². The number of amides is 1. The maximum absolute atomic E-state index is 13.0. The Labute approximate surface area is 191 Å². The summed E-state index contributed by atoms with van der Waals surface area (Å²) < 4.78 is 31.7. The third kappa shape index (κ3) is 4.67. The molecule has 1 aromatic carbocycles. The highest BCUT2D eigenvalue weighted by Gasteiger charge is 2.36. The molecule has 1 aromatic heterocycles. The zero-order chi connectivity index (χ0) is 22.2. The second kappa shape index (κ2) is 8.94. The summed E-state index contributed by atoms with van der Waals surface area (Å²) in [6.07, 6.45) is 3.60. The van der Waals surface area contributed by atoms with E-state index in [0.717, 1.165) is 18.4 Å². The van der Waals surface area contributed by atoms with Crippen LogP contribution in [0.25, 0.3) is 0 Å². The van der Waals surface area contributed by atoms with Gasteiger partial charge in [0.05, 0.1) is 15.8 Å². The standard InChI is InChI=1S/C21H23Cl2N3O4S/c1-13-2-5-26(31(13,28)29)20-11-18(19(23)12-24-20)21(27)25-17-9-15(8-16(22)10-17)14-3-6-30-7-4-14/h8-14H,2-7H2,1H3,(H,25,27). The molecule has 2 aromatic rings. The van der Waals surface area contributed by atoms with Crippen molar-refractivity contribution in [3.63, 3.8) is 0 Å². The van der Waals surface area contributed by atoms with Gasteiger partial charge in [0.15, 0.2) is 0 Å². The smallest absolute Gasteiger partial charge is 0.257 e. The van der Waals surface area contributed by atoms with Crippen molar-refractivity contribution >= 4 is 50.6 Å². The quantitative estimate of drug-likeness (QED) is 0.692. The van der Waals surface area contributed by atoms with Gasteiger partial charge in [-0.15, -0.1) is 0 Å². The molecule has 2 aliphatic heterocycles. The molecule has 0 radical (unpaired) electrons. The summed E-state index contributed by atoms with van der Waals surface area (Å²) in [7, 11) is -3.49. The fourth-order valence-corrected chi connectivity index (χ4v) is 5.92. The molecule has 31 heavy (non-hydrogen) atoms. The van der Waals surface area contributed by atoms with Gasteiger partial charge in [-0.2, -0.15) is 0 Å². The monoisotopic (exact) mass is 483 g/mol. The number of aromatic nitrogens is 1. The molecule has 10 heteroatoms. The highest BCUT2D eigenvalue weighted by atomic mass is 35.5. The van der Waals surface area contributed by atoms with Crippen LogP contribution in [0.3, 0.4) is 0 Å². The van der Waals surface area contributed by atoms with E-state index in [1.165, 1.54) is 16.6 Å². The van der Waals surface area contributed by atoms with Gasteiger partial charge >= 0.3 is 0 Å². The Kier molecular flexibility index (Phi) is 6.44. The Hall–Kier alpha value is -1.87. The number of hydrogen-bond donors (Lipinski definition) is 1.